The number of sulfonamides is 1. The van der Waals surface area contributed by atoms with Crippen LogP contribution in [0, 0.1) is 0 Å². The highest BCUT2D eigenvalue weighted by Gasteiger charge is 2.24. The van der Waals surface area contributed by atoms with Crippen LogP contribution in [0.15, 0.2) is 44.2 Å². The first-order valence-electron chi connectivity index (χ1n) is 8.56. The molecule has 2 rings (SSSR count). The molecular weight excluding hydrogens is 404 g/mol. The lowest BCUT2D eigenvalue weighted by atomic mass is 10.1. The summed E-state index contributed by atoms with van der Waals surface area (Å²) in [5.74, 6) is 0.538. The average Bonchev–Trinajstić information content (AvgIpc) is 3.33. The Morgan fingerprint density at radius 1 is 1.26 bits per heavy atom. The lowest BCUT2D eigenvalue weighted by molar-refractivity contribution is 0.0711. The van der Waals surface area contributed by atoms with Crippen LogP contribution in [0.25, 0.3) is 0 Å². The fraction of sp³-hybridized carbons (Fsp3) is 0.471. The van der Waals surface area contributed by atoms with E-state index in [1.807, 2.05) is 24.4 Å². The van der Waals surface area contributed by atoms with Gasteiger partial charge in [-0.05, 0) is 36.7 Å². The Bertz CT molecular complexity index is 816. The fourth-order valence-corrected chi connectivity index (χ4v) is 5.41. The Kier molecular flexibility index (Phi) is 7.80. The number of hydrogen-bond donors (Lipinski definition) is 3. The quantitative estimate of drug-likeness (QED) is 0.417. The van der Waals surface area contributed by atoms with Gasteiger partial charge in [-0.2, -0.15) is 4.31 Å². The zero-order valence-corrected chi connectivity index (χ0v) is 18.1. The Labute approximate surface area is 168 Å². The summed E-state index contributed by atoms with van der Waals surface area (Å²) in [6.45, 7) is 5.23. The number of aliphatic hydroxyl groups is 1. The molecule has 0 aliphatic carbocycles. The van der Waals surface area contributed by atoms with E-state index in [0.717, 1.165) is 4.88 Å². The predicted octanol–water partition coefficient (Wildman–Crippen LogP) is 1.89. The highest BCUT2D eigenvalue weighted by Crippen LogP contribution is 2.25. The van der Waals surface area contributed by atoms with Crippen molar-refractivity contribution in [1.29, 1.82) is 0 Å². The molecule has 7 nitrogen and oxygen atoms in total. The van der Waals surface area contributed by atoms with Gasteiger partial charge >= 0.3 is 0 Å². The van der Waals surface area contributed by atoms with E-state index in [2.05, 4.69) is 15.6 Å². The van der Waals surface area contributed by atoms with Gasteiger partial charge in [0.1, 0.15) is 9.81 Å². The highest BCUT2D eigenvalue weighted by atomic mass is 32.2. The van der Waals surface area contributed by atoms with E-state index in [-0.39, 0.29) is 6.54 Å². The number of thiophene rings is 2. The van der Waals surface area contributed by atoms with Crippen LogP contribution in [0.1, 0.15) is 18.7 Å². The minimum atomic E-state index is -3.46. The number of aliphatic imine (C=N–C) groups is 1. The number of likely N-dealkylation sites (N-methyl/N-ethyl adjacent to an activating group) is 1. The average molecular weight is 431 g/mol. The van der Waals surface area contributed by atoms with Gasteiger partial charge in [-0.25, -0.2) is 13.4 Å². The first-order valence-corrected chi connectivity index (χ1v) is 11.8. The normalized spacial score (nSPS) is 14.9. The highest BCUT2D eigenvalue weighted by molar-refractivity contribution is 7.91. The fourth-order valence-electron chi connectivity index (χ4n) is 2.25. The zero-order chi connectivity index (χ0) is 19.9. The molecule has 0 bridgehead atoms. The Balaban J connectivity index is 1.92. The van der Waals surface area contributed by atoms with Gasteiger partial charge in [0.25, 0.3) is 10.0 Å². The van der Waals surface area contributed by atoms with Gasteiger partial charge in [0, 0.05) is 31.6 Å². The SMILES string of the molecule is CCNC(=NCC(C)(O)c1cccs1)NCCN(C)S(=O)(=O)c1cccs1. The molecule has 1 unspecified atom stereocenters. The van der Waals surface area contributed by atoms with Gasteiger partial charge in [-0.1, -0.05) is 12.1 Å². The second-order valence-corrected chi connectivity index (χ2v) is 10.3. The summed E-state index contributed by atoms with van der Waals surface area (Å²) in [6.07, 6.45) is 0. The third-order valence-electron chi connectivity index (χ3n) is 3.82. The second-order valence-electron chi connectivity index (χ2n) is 6.13. The van der Waals surface area contributed by atoms with Crippen LogP contribution in [0.2, 0.25) is 0 Å². The van der Waals surface area contributed by atoms with Crippen molar-refractivity contribution in [3.05, 3.63) is 39.9 Å². The first-order chi connectivity index (χ1) is 12.8. The molecule has 2 heterocycles. The molecule has 0 spiro atoms. The summed E-state index contributed by atoms with van der Waals surface area (Å²) in [7, 11) is -1.90. The van der Waals surface area contributed by atoms with E-state index in [4.69, 9.17) is 0 Å². The maximum atomic E-state index is 12.4. The van der Waals surface area contributed by atoms with E-state index >= 15 is 0 Å². The van der Waals surface area contributed by atoms with Crippen molar-refractivity contribution in [3.8, 4) is 0 Å². The van der Waals surface area contributed by atoms with Crippen LogP contribution < -0.4 is 10.6 Å². The van der Waals surface area contributed by atoms with Crippen molar-refractivity contribution in [3.63, 3.8) is 0 Å². The zero-order valence-electron chi connectivity index (χ0n) is 15.7. The van der Waals surface area contributed by atoms with Crippen molar-refractivity contribution < 1.29 is 13.5 Å². The minimum absolute atomic E-state index is 0.201. The summed E-state index contributed by atoms with van der Waals surface area (Å²) in [5, 5.41) is 20.5. The Hall–Kier alpha value is -1.46. The van der Waals surface area contributed by atoms with Crippen LogP contribution in [-0.2, 0) is 15.6 Å². The molecule has 0 amide bonds. The van der Waals surface area contributed by atoms with E-state index in [9.17, 15) is 13.5 Å². The number of guanidine groups is 1. The van der Waals surface area contributed by atoms with Crippen LogP contribution in [-0.4, -0.2) is 57.0 Å². The largest absolute Gasteiger partial charge is 0.383 e. The topological polar surface area (TPSA) is 94.0 Å². The molecule has 2 aromatic rings. The summed E-state index contributed by atoms with van der Waals surface area (Å²) >= 11 is 2.69. The van der Waals surface area contributed by atoms with E-state index in [1.165, 1.54) is 27.0 Å². The number of nitrogens with one attached hydrogen (secondary N) is 2. The molecule has 1 atom stereocenters. The molecule has 0 aromatic carbocycles. The smallest absolute Gasteiger partial charge is 0.252 e. The molecule has 0 aliphatic rings. The third-order valence-corrected chi connectivity index (χ3v) is 8.17. The third kappa shape index (κ3) is 6.01. The van der Waals surface area contributed by atoms with Gasteiger partial charge in [-0.3, -0.25) is 0 Å². The van der Waals surface area contributed by atoms with Crippen molar-refractivity contribution >= 4 is 38.7 Å². The van der Waals surface area contributed by atoms with Crippen molar-refractivity contribution in [2.24, 2.45) is 4.99 Å². The molecule has 0 saturated carbocycles. The molecule has 0 saturated heterocycles. The van der Waals surface area contributed by atoms with Gasteiger partial charge < -0.3 is 15.7 Å². The van der Waals surface area contributed by atoms with Crippen molar-refractivity contribution in [2.45, 2.75) is 23.7 Å². The molecule has 2 aromatic heterocycles. The lowest BCUT2D eigenvalue weighted by Gasteiger charge is -2.21. The molecule has 27 heavy (non-hydrogen) atoms. The monoisotopic (exact) mass is 430 g/mol. The Morgan fingerprint density at radius 3 is 2.56 bits per heavy atom. The number of rotatable bonds is 9. The number of hydrogen-bond acceptors (Lipinski definition) is 6. The molecule has 10 heteroatoms. The van der Waals surface area contributed by atoms with Gasteiger partial charge in [-0.15, -0.1) is 22.7 Å². The van der Waals surface area contributed by atoms with Gasteiger partial charge in [0.05, 0.1) is 6.54 Å². The second kappa shape index (κ2) is 9.65. The summed E-state index contributed by atoms with van der Waals surface area (Å²) < 4.78 is 26.5. The molecule has 0 fully saturated rings. The van der Waals surface area contributed by atoms with E-state index < -0.39 is 15.6 Å². The molecular formula is C17H26N4O3S3. The summed E-state index contributed by atoms with van der Waals surface area (Å²) in [5.41, 5.74) is -1.05. The van der Waals surface area contributed by atoms with E-state index in [0.29, 0.717) is 29.8 Å². The first kappa shape index (κ1) is 21.8. The summed E-state index contributed by atoms with van der Waals surface area (Å²) in [4.78, 5) is 5.29. The standard InChI is InChI=1S/C17H26N4O3S3/c1-4-18-16(20-13-17(2,22)14-7-5-11-25-14)19-9-10-21(3)27(23,24)15-8-6-12-26-15/h5-8,11-12,22H,4,9-10,13H2,1-3H3,(H2,18,19,20). The van der Waals surface area contributed by atoms with E-state index in [1.54, 1.807) is 31.5 Å². The van der Waals surface area contributed by atoms with Gasteiger partial charge in [0.2, 0.25) is 0 Å². The lowest BCUT2D eigenvalue weighted by Crippen LogP contribution is -2.42. The van der Waals surface area contributed by atoms with Crippen molar-refractivity contribution in [2.75, 3.05) is 33.2 Å². The van der Waals surface area contributed by atoms with Crippen LogP contribution in [0.5, 0.6) is 0 Å². The number of nitrogens with zero attached hydrogens (tertiary/aromatic N) is 2. The van der Waals surface area contributed by atoms with Crippen LogP contribution in [0.4, 0.5) is 0 Å². The van der Waals surface area contributed by atoms with Crippen LogP contribution >= 0.6 is 22.7 Å². The Morgan fingerprint density at radius 2 is 1.96 bits per heavy atom. The van der Waals surface area contributed by atoms with Crippen molar-refractivity contribution in [1.82, 2.24) is 14.9 Å². The molecule has 0 aliphatic heterocycles. The molecule has 0 radical (unpaired) electrons. The minimum Gasteiger partial charge on any atom is -0.383 e. The molecule has 3 N–H and O–H groups in total. The predicted molar refractivity (Wildman–Crippen MR) is 112 cm³/mol. The summed E-state index contributed by atoms with van der Waals surface area (Å²) in [6, 6.07) is 7.09. The maximum Gasteiger partial charge on any atom is 0.252 e. The maximum absolute atomic E-state index is 12.4. The van der Waals surface area contributed by atoms with Crippen LogP contribution in [0.3, 0.4) is 0 Å². The molecule has 150 valence electrons. The van der Waals surface area contributed by atoms with Gasteiger partial charge in [0.15, 0.2) is 5.96 Å².